The number of carbonyl (C=O) groups is 7. The van der Waals surface area contributed by atoms with Gasteiger partial charge in [0.2, 0.25) is 5.96 Å². The predicted molar refractivity (Wildman–Crippen MR) is 264 cm³/mol. The van der Waals surface area contributed by atoms with E-state index in [1.165, 1.54) is 42.5 Å². The summed E-state index contributed by atoms with van der Waals surface area (Å²) in [5, 5.41) is 4.79. The van der Waals surface area contributed by atoms with E-state index >= 15 is 0 Å². The van der Waals surface area contributed by atoms with Crippen molar-refractivity contribution in [1.29, 1.82) is 0 Å². The Balaban J connectivity index is 1.84. The molecule has 0 unspecified atom stereocenters. The second-order valence-corrected chi connectivity index (χ2v) is 27.1. The van der Waals surface area contributed by atoms with Gasteiger partial charge in [0.25, 0.3) is 0 Å². The minimum Gasteiger partial charge on any atom is -0.464 e. The Kier molecular flexibility index (Phi) is 19.9. The molecule has 0 fully saturated rings. The van der Waals surface area contributed by atoms with Crippen molar-refractivity contribution in [3.8, 4) is 5.75 Å². The van der Waals surface area contributed by atoms with Gasteiger partial charge in [0.1, 0.15) is 40.8 Å². The van der Waals surface area contributed by atoms with Crippen LogP contribution in [-0.4, -0.2) is 96.1 Å². The molecule has 382 valence electrons. The number of rotatable bonds is 15. The number of nitrogens with zero attached hydrogens (tertiary/aromatic N) is 2. The minimum absolute atomic E-state index is 0.0816. The normalized spacial score (nSPS) is 12.3. The zero-order valence-corrected chi connectivity index (χ0v) is 44.2. The second-order valence-electron chi connectivity index (χ2n) is 21.5. The lowest BCUT2D eigenvalue weighted by molar-refractivity contribution is -0.162. The molecule has 2 N–H and O–H groups in total. The predicted octanol–water partition coefficient (Wildman–Crippen LogP) is 10.0. The molecule has 0 spiro atoms. The zero-order chi connectivity index (χ0) is 52.8. The number of alkyl carbamates (subject to hydrolysis) is 2. The fraction of sp³-hybridized carbons (Fsp3) is 0.490. The van der Waals surface area contributed by atoms with Crippen LogP contribution in [0.15, 0.2) is 77.8 Å². The Morgan fingerprint density at radius 1 is 0.614 bits per heavy atom. The molecule has 70 heavy (non-hydrogen) atoms. The Morgan fingerprint density at radius 2 is 1.16 bits per heavy atom. The van der Waals surface area contributed by atoms with E-state index < -0.39 is 85.1 Å². The van der Waals surface area contributed by atoms with Crippen molar-refractivity contribution in [2.24, 2.45) is 4.99 Å². The van der Waals surface area contributed by atoms with Crippen molar-refractivity contribution in [2.75, 3.05) is 6.61 Å². The summed E-state index contributed by atoms with van der Waals surface area (Å²) < 4.78 is 38.7. The van der Waals surface area contributed by atoms with Crippen LogP contribution in [0.3, 0.4) is 0 Å². The van der Waals surface area contributed by atoms with Crippen LogP contribution in [0.5, 0.6) is 5.75 Å². The smallest absolute Gasteiger partial charge is 0.414 e. The summed E-state index contributed by atoms with van der Waals surface area (Å²) in [5.74, 6) is -2.99. The third kappa shape index (κ3) is 22.6. The highest BCUT2D eigenvalue weighted by atomic mass is 28.3. The average Bonchev–Trinajstić information content (AvgIpc) is 3.18. The van der Waals surface area contributed by atoms with Crippen LogP contribution in [-0.2, 0) is 51.2 Å². The van der Waals surface area contributed by atoms with Crippen LogP contribution in [0.4, 0.5) is 20.1 Å². The first kappa shape index (κ1) is 57.6. The lowest BCUT2D eigenvalue weighted by atomic mass is 10.1. The lowest BCUT2D eigenvalue weighted by Gasteiger charge is -2.30. The molecule has 0 aliphatic carbocycles. The maximum atomic E-state index is 14.2. The molecule has 3 aromatic rings. The van der Waals surface area contributed by atoms with Crippen LogP contribution in [0, 0.1) is 0 Å². The monoisotopic (exact) mass is 990 g/mol. The number of amides is 3. The van der Waals surface area contributed by atoms with E-state index in [2.05, 4.69) is 35.3 Å². The summed E-state index contributed by atoms with van der Waals surface area (Å²) in [6.07, 6.45) is -3.25. The molecule has 3 rings (SSSR count). The molecule has 0 saturated carbocycles. The van der Waals surface area contributed by atoms with E-state index in [0.29, 0.717) is 17.2 Å². The molecule has 0 saturated heterocycles. The molecule has 19 heteroatoms. The summed E-state index contributed by atoms with van der Waals surface area (Å²) in [5.41, 5.74) is -1.80. The zero-order valence-electron chi connectivity index (χ0n) is 43.2. The third-order valence-corrected chi connectivity index (χ3v) is 10.5. The molecular weight excluding hydrogens is 921 g/mol. The molecule has 1 atom stereocenters. The van der Waals surface area contributed by atoms with Gasteiger partial charge in [-0.3, -0.25) is 20.3 Å². The van der Waals surface area contributed by atoms with Gasteiger partial charge in [-0.05, 0) is 149 Å². The molecular formula is C51H70N4O14Si. The SMILES string of the molecule is CC(C)(C)OC(=O)C[C@@H](C(=O)OCC[Si](C)(C)C)N(Cc1cccc(C(=O)OC(C)(C)C)c1)C(=O)OCc1ccc(OC(=O)c2ccc(N=C(NC(=O)OC(C)(C)C)NC(=O)OC(C)(C)C)cc2)cc1. The van der Waals surface area contributed by atoms with Gasteiger partial charge >= 0.3 is 42.2 Å². The number of guanidine groups is 1. The molecule has 0 aromatic heterocycles. The largest absolute Gasteiger partial charge is 0.464 e. The Labute approximate surface area is 412 Å². The van der Waals surface area contributed by atoms with E-state index in [4.69, 9.17) is 33.2 Å². The Morgan fingerprint density at radius 3 is 1.67 bits per heavy atom. The van der Waals surface area contributed by atoms with Crippen molar-refractivity contribution < 1.29 is 66.7 Å². The van der Waals surface area contributed by atoms with Crippen LogP contribution in [0.1, 0.15) is 121 Å². The molecule has 3 aromatic carbocycles. The first-order valence-electron chi connectivity index (χ1n) is 22.8. The summed E-state index contributed by atoms with van der Waals surface area (Å²) >= 11 is 0. The van der Waals surface area contributed by atoms with Crippen molar-refractivity contribution in [3.05, 3.63) is 95.1 Å². The number of esters is 4. The van der Waals surface area contributed by atoms with Crippen LogP contribution in [0.25, 0.3) is 0 Å². The van der Waals surface area contributed by atoms with Gasteiger partial charge in [-0.15, -0.1) is 0 Å². The average molecular weight is 991 g/mol. The van der Waals surface area contributed by atoms with Gasteiger partial charge < -0.3 is 33.2 Å². The van der Waals surface area contributed by atoms with Crippen LogP contribution < -0.4 is 15.4 Å². The van der Waals surface area contributed by atoms with Crippen LogP contribution in [0.2, 0.25) is 25.7 Å². The number of aliphatic imine (C=N–C) groups is 1. The molecule has 0 aliphatic heterocycles. The molecule has 18 nitrogen and oxygen atoms in total. The standard InChI is InChI=1S/C51H70N4O14Si/c1-48(2,3)66-40(56)30-39(43(59)63-27-28-70(13,14)15)55(31-34-17-16-18-36(29-34)42(58)67-49(4,5)6)47(62)64-32-33-19-25-38(26-20-33)65-41(57)35-21-23-37(24-22-35)52-44(53-45(60)68-50(7,8)9)54-46(61)69-51(10,11)12/h16-26,29,39H,27-28,30-32H2,1-15H3,(H2,52,53,54,60,61)/t39-/m0/s1. The van der Waals surface area contributed by atoms with Gasteiger partial charge in [-0.25, -0.2) is 33.8 Å². The summed E-state index contributed by atoms with van der Waals surface area (Å²) in [7, 11) is -1.65. The first-order valence-corrected chi connectivity index (χ1v) is 26.5. The van der Waals surface area contributed by atoms with Crippen molar-refractivity contribution in [1.82, 2.24) is 15.5 Å². The second kappa shape index (κ2) is 24.2. The molecule has 3 amide bonds. The van der Waals surface area contributed by atoms with Crippen molar-refractivity contribution in [2.45, 2.75) is 157 Å². The van der Waals surface area contributed by atoms with Gasteiger partial charge in [-0.2, -0.15) is 0 Å². The molecule has 0 radical (unpaired) electrons. The third-order valence-electron chi connectivity index (χ3n) is 8.75. The quantitative estimate of drug-likeness (QED) is 0.0361. The Hall–Kier alpha value is -6.76. The van der Waals surface area contributed by atoms with E-state index in [9.17, 15) is 33.6 Å². The number of hydrogen-bond acceptors (Lipinski definition) is 15. The topological polar surface area (TPSA) is 224 Å². The fourth-order valence-corrected chi connectivity index (χ4v) is 6.50. The highest BCUT2D eigenvalue weighted by Gasteiger charge is 2.36. The van der Waals surface area contributed by atoms with Crippen molar-refractivity contribution >= 4 is 61.9 Å². The number of nitrogens with one attached hydrogen (secondary N) is 2. The number of carbonyl (C=O) groups excluding carboxylic acids is 7. The van der Waals surface area contributed by atoms with Gasteiger partial charge in [0, 0.05) is 14.6 Å². The summed E-state index contributed by atoms with van der Waals surface area (Å²) in [4.78, 5) is 97.9. The maximum absolute atomic E-state index is 14.2. The van der Waals surface area contributed by atoms with Gasteiger partial charge in [-0.1, -0.05) is 43.9 Å². The van der Waals surface area contributed by atoms with Gasteiger partial charge in [0.15, 0.2) is 0 Å². The lowest BCUT2D eigenvalue weighted by Crippen LogP contribution is -2.47. The maximum Gasteiger partial charge on any atom is 0.414 e. The van der Waals surface area contributed by atoms with E-state index in [-0.39, 0.29) is 48.3 Å². The highest BCUT2D eigenvalue weighted by Crippen LogP contribution is 2.23. The van der Waals surface area contributed by atoms with E-state index in [1.54, 1.807) is 113 Å². The van der Waals surface area contributed by atoms with Crippen LogP contribution >= 0.6 is 0 Å². The van der Waals surface area contributed by atoms with Gasteiger partial charge in [0.05, 0.1) is 29.8 Å². The molecule has 0 bridgehead atoms. The number of hydrogen-bond donors (Lipinski definition) is 2. The van der Waals surface area contributed by atoms with E-state index in [1.807, 2.05) is 0 Å². The number of ether oxygens (including phenoxy) is 7. The van der Waals surface area contributed by atoms with E-state index in [0.717, 1.165) is 4.90 Å². The Bertz CT molecular complexity index is 2320. The van der Waals surface area contributed by atoms with Crippen molar-refractivity contribution in [3.63, 3.8) is 0 Å². The first-order chi connectivity index (χ1) is 32.1. The minimum atomic E-state index is -1.65. The fourth-order valence-electron chi connectivity index (χ4n) is 5.78. The molecule has 0 aliphatic rings. The molecule has 0 heterocycles. The summed E-state index contributed by atoms with van der Waals surface area (Å²) in [6, 6.07) is 17.5. The number of benzene rings is 3. The highest BCUT2D eigenvalue weighted by molar-refractivity contribution is 6.76. The summed E-state index contributed by atoms with van der Waals surface area (Å²) in [6.45, 7) is 26.2.